The fourth-order valence-corrected chi connectivity index (χ4v) is 3.37. The summed E-state index contributed by atoms with van der Waals surface area (Å²) < 4.78 is 5.87. The van der Waals surface area contributed by atoms with Crippen molar-refractivity contribution < 1.29 is 9.21 Å². The highest BCUT2D eigenvalue weighted by Crippen LogP contribution is 2.19. The number of carbonyl (C=O) groups is 1. The number of nitrogens with zero attached hydrogens (tertiary/aromatic N) is 3. The molecular formula is C21H24N4O2. The first-order valence-corrected chi connectivity index (χ1v) is 9.28. The predicted octanol–water partition coefficient (Wildman–Crippen LogP) is 3.79. The van der Waals surface area contributed by atoms with Crippen LogP contribution in [0.5, 0.6) is 0 Å². The van der Waals surface area contributed by atoms with Gasteiger partial charge in [0.25, 0.3) is 0 Å². The van der Waals surface area contributed by atoms with Crippen LogP contribution in [0, 0.1) is 13.8 Å². The number of piperazine rings is 1. The summed E-state index contributed by atoms with van der Waals surface area (Å²) in [6.07, 6.45) is 0. The average Bonchev–Trinajstić information content (AvgIpc) is 3.03. The number of hydrogen-bond acceptors (Lipinski definition) is 4. The highest BCUT2D eigenvalue weighted by Gasteiger charge is 2.22. The topological polar surface area (TPSA) is 61.6 Å². The molecule has 4 rings (SSSR count). The van der Waals surface area contributed by atoms with E-state index < -0.39 is 0 Å². The van der Waals surface area contributed by atoms with Crippen LogP contribution in [0.1, 0.15) is 17.0 Å². The van der Waals surface area contributed by atoms with Gasteiger partial charge in [-0.3, -0.25) is 4.90 Å². The number of anilines is 1. The Morgan fingerprint density at radius 1 is 1.07 bits per heavy atom. The standard InChI is InChI=1S/C21H24N4O2/c1-15-4-3-5-17(12-15)22-21(26)25-10-8-24(9-11-25)14-20-23-18-7-6-16(2)13-19(18)27-20/h3-7,12-13H,8-11,14H2,1-2H3,(H,22,26). The molecule has 1 N–H and O–H groups in total. The molecule has 6 nitrogen and oxygen atoms in total. The Labute approximate surface area is 158 Å². The zero-order valence-electron chi connectivity index (χ0n) is 15.7. The van der Waals surface area contributed by atoms with E-state index in [4.69, 9.17) is 4.42 Å². The molecule has 140 valence electrons. The van der Waals surface area contributed by atoms with Crippen LogP contribution >= 0.6 is 0 Å². The fraction of sp³-hybridized carbons (Fsp3) is 0.333. The molecule has 0 atom stereocenters. The zero-order chi connectivity index (χ0) is 18.8. The Bertz CT molecular complexity index is 958. The third-order valence-corrected chi connectivity index (χ3v) is 4.88. The number of fused-ring (bicyclic) bond motifs is 1. The molecule has 1 aromatic heterocycles. The van der Waals surface area contributed by atoms with E-state index in [1.807, 2.05) is 61.2 Å². The number of hydrogen-bond donors (Lipinski definition) is 1. The molecular weight excluding hydrogens is 340 g/mol. The van der Waals surface area contributed by atoms with Crippen molar-refractivity contribution in [1.82, 2.24) is 14.8 Å². The van der Waals surface area contributed by atoms with E-state index in [9.17, 15) is 4.79 Å². The van der Waals surface area contributed by atoms with Crippen LogP contribution < -0.4 is 5.32 Å². The molecule has 0 unspecified atom stereocenters. The Hall–Kier alpha value is -2.86. The van der Waals surface area contributed by atoms with E-state index in [1.165, 1.54) is 5.56 Å². The smallest absolute Gasteiger partial charge is 0.321 e. The Kier molecular flexibility index (Phi) is 4.81. The lowest BCUT2D eigenvalue weighted by Gasteiger charge is -2.34. The maximum absolute atomic E-state index is 12.5. The SMILES string of the molecule is Cc1cccc(NC(=O)N2CCN(Cc3nc4ccc(C)cc4o3)CC2)c1. The number of carbonyl (C=O) groups excluding carboxylic acids is 1. The molecule has 27 heavy (non-hydrogen) atoms. The second-order valence-corrected chi connectivity index (χ2v) is 7.14. The molecule has 1 fully saturated rings. The average molecular weight is 364 g/mol. The number of oxazole rings is 1. The number of aromatic nitrogens is 1. The van der Waals surface area contributed by atoms with Crippen molar-refractivity contribution in [3.05, 3.63) is 59.5 Å². The summed E-state index contributed by atoms with van der Waals surface area (Å²) in [4.78, 5) is 21.2. The lowest BCUT2D eigenvalue weighted by Crippen LogP contribution is -2.49. The van der Waals surface area contributed by atoms with Crippen molar-refractivity contribution in [2.24, 2.45) is 0 Å². The Balaban J connectivity index is 1.32. The normalized spacial score (nSPS) is 15.3. The highest BCUT2D eigenvalue weighted by atomic mass is 16.3. The van der Waals surface area contributed by atoms with Gasteiger partial charge in [0.05, 0.1) is 6.54 Å². The maximum atomic E-state index is 12.5. The maximum Gasteiger partial charge on any atom is 0.321 e. The number of urea groups is 1. The quantitative estimate of drug-likeness (QED) is 0.768. The minimum atomic E-state index is -0.0439. The van der Waals surface area contributed by atoms with Gasteiger partial charge in [0.2, 0.25) is 5.89 Å². The first kappa shape index (κ1) is 17.5. The molecule has 2 amide bonds. The molecule has 2 aromatic carbocycles. The van der Waals surface area contributed by atoms with Gasteiger partial charge < -0.3 is 14.6 Å². The summed E-state index contributed by atoms with van der Waals surface area (Å²) >= 11 is 0. The minimum Gasteiger partial charge on any atom is -0.439 e. The van der Waals surface area contributed by atoms with E-state index in [2.05, 4.69) is 15.2 Å². The first-order valence-electron chi connectivity index (χ1n) is 9.28. The van der Waals surface area contributed by atoms with Crippen LogP contribution in [-0.2, 0) is 6.54 Å². The van der Waals surface area contributed by atoms with Crippen molar-refractivity contribution in [1.29, 1.82) is 0 Å². The second kappa shape index (κ2) is 7.40. The minimum absolute atomic E-state index is 0.0439. The van der Waals surface area contributed by atoms with E-state index in [-0.39, 0.29) is 6.03 Å². The number of aryl methyl sites for hydroxylation is 2. The number of nitrogens with one attached hydrogen (secondary N) is 1. The van der Waals surface area contributed by atoms with Gasteiger partial charge in [0.1, 0.15) is 5.52 Å². The lowest BCUT2D eigenvalue weighted by molar-refractivity contribution is 0.136. The van der Waals surface area contributed by atoms with Crippen molar-refractivity contribution in [2.75, 3.05) is 31.5 Å². The van der Waals surface area contributed by atoms with Crippen molar-refractivity contribution in [2.45, 2.75) is 20.4 Å². The molecule has 0 bridgehead atoms. The van der Waals surface area contributed by atoms with Crippen LogP contribution in [0.25, 0.3) is 11.1 Å². The summed E-state index contributed by atoms with van der Waals surface area (Å²) in [6.45, 7) is 7.72. The summed E-state index contributed by atoms with van der Waals surface area (Å²) in [7, 11) is 0. The highest BCUT2D eigenvalue weighted by molar-refractivity contribution is 5.89. The largest absolute Gasteiger partial charge is 0.439 e. The van der Waals surface area contributed by atoms with Crippen molar-refractivity contribution >= 4 is 22.8 Å². The third kappa shape index (κ3) is 4.11. The van der Waals surface area contributed by atoms with Crippen LogP contribution in [0.15, 0.2) is 46.9 Å². The third-order valence-electron chi connectivity index (χ3n) is 4.88. The molecule has 1 aliphatic rings. The van der Waals surface area contributed by atoms with E-state index in [0.29, 0.717) is 19.6 Å². The molecule has 0 radical (unpaired) electrons. The van der Waals surface area contributed by atoms with Gasteiger partial charge in [-0.25, -0.2) is 9.78 Å². The molecule has 2 heterocycles. The van der Waals surface area contributed by atoms with Crippen LogP contribution in [0.2, 0.25) is 0 Å². The van der Waals surface area contributed by atoms with Gasteiger partial charge in [0, 0.05) is 31.9 Å². The summed E-state index contributed by atoms with van der Waals surface area (Å²) in [5.74, 6) is 0.730. The van der Waals surface area contributed by atoms with Crippen molar-refractivity contribution in [3.8, 4) is 0 Å². The molecule has 0 saturated carbocycles. The summed E-state index contributed by atoms with van der Waals surface area (Å²) in [5, 5.41) is 2.98. The fourth-order valence-electron chi connectivity index (χ4n) is 3.37. The van der Waals surface area contributed by atoms with Crippen LogP contribution in [-0.4, -0.2) is 47.0 Å². The predicted molar refractivity (Wildman–Crippen MR) is 106 cm³/mol. The summed E-state index contributed by atoms with van der Waals surface area (Å²) in [6, 6.07) is 13.9. The van der Waals surface area contributed by atoms with Gasteiger partial charge in [-0.1, -0.05) is 18.2 Å². The van der Waals surface area contributed by atoms with E-state index in [0.717, 1.165) is 41.3 Å². The Morgan fingerprint density at radius 3 is 2.63 bits per heavy atom. The zero-order valence-corrected chi connectivity index (χ0v) is 15.7. The van der Waals surface area contributed by atoms with Crippen molar-refractivity contribution in [3.63, 3.8) is 0 Å². The molecule has 1 aliphatic heterocycles. The van der Waals surface area contributed by atoms with Gasteiger partial charge >= 0.3 is 6.03 Å². The van der Waals surface area contributed by atoms with Crippen LogP contribution in [0.4, 0.5) is 10.5 Å². The molecule has 0 aliphatic carbocycles. The molecule has 3 aromatic rings. The monoisotopic (exact) mass is 364 g/mol. The Morgan fingerprint density at radius 2 is 1.85 bits per heavy atom. The molecule has 1 saturated heterocycles. The molecule has 6 heteroatoms. The summed E-state index contributed by atoms with van der Waals surface area (Å²) in [5.41, 5.74) is 4.86. The van der Waals surface area contributed by atoms with Crippen LogP contribution in [0.3, 0.4) is 0 Å². The van der Waals surface area contributed by atoms with E-state index >= 15 is 0 Å². The van der Waals surface area contributed by atoms with E-state index in [1.54, 1.807) is 0 Å². The first-order chi connectivity index (χ1) is 13.1. The number of amides is 2. The van der Waals surface area contributed by atoms with Gasteiger partial charge in [-0.15, -0.1) is 0 Å². The number of benzene rings is 2. The number of rotatable bonds is 3. The second-order valence-electron chi connectivity index (χ2n) is 7.14. The van der Waals surface area contributed by atoms with Gasteiger partial charge in [-0.2, -0.15) is 0 Å². The lowest BCUT2D eigenvalue weighted by atomic mass is 10.2. The van der Waals surface area contributed by atoms with Gasteiger partial charge in [-0.05, 0) is 49.2 Å². The van der Waals surface area contributed by atoms with Gasteiger partial charge in [0.15, 0.2) is 5.58 Å². The molecule has 0 spiro atoms.